The van der Waals surface area contributed by atoms with Crippen LogP contribution in [0.3, 0.4) is 0 Å². The third kappa shape index (κ3) is 3.00. The highest BCUT2D eigenvalue weighted by molar-refractivity contribution is 9.11. The Hall–Kier alpha value is -0.710. The van der Waals surface area contributed by atoms with Gasteiger partial charge in [0.15, 0.2) is 0 Å². The molecule has 3 aliphatic rings. The van der Waals surface area contributed by atoms with Gasteiger partial charge in [0.05, 0.1) is 5.69 Å². The minimum atomic E-state index is -0.0156. The number of piperidine rings is 1. The Labute approximate surface area is 167 Å². The molecule has 1 aliphatic heterocycles. The van der Waals surface area contributed by atoms with Crippen molar-refractivity contribution in [2.24, 2.45) is 11.3 Å². The lowest BCUT2D eigenvalue weighted by Crippen LogP contribution is -2.33. The van der Waals surface area contributed by atoms with E-state index in [1.165, 1.54) is 26.9 Å². The third-order valence-electron chi connectivity index (χ3n) is 6.03. The Kier molecular flexibility index (Phi) is 4.80. The highest BCUT2D eigenvalue weighted by Gasteiger charge is 2.45. The highest BCUT2D eigenvalue weighted by Crippen LogP contribution is 2.57. The predicted octanol–water partition coefficient (Wildman–Crippen LogP) is 5.79. The molecule has 4 rings (SSSR count). The number of rotatable bonds is 0. The Balaban J connectivity index is 1.99. The van der Waals surface area contributed by atoms with Gasteiger partial charge >= 0.3 is 0 Å². The molecule has 0 aromatic carbocycles. The molecule has 1 saturated heterocycles. The molecule has 2 atom stereocenters. The van der Waals surface area contributed by atoms with Gasteiger partial charge in [0.2, 0.25) is 0 Å². The number of nitrogens with one attached hydrogen (secondary N) is 1. The summed E-state index contributed by atoms with van der Waals surface area (Å²) < 4.78 is 2.39. The summed E-state index contributed by atoms with van der Waals surface area (Å²) in [5, 5.41) is 3.51. The van der Waals surface area contributed by atoms with Crippen LogP contribution in [-0.2, 0) is 6.42 Å². The number of aromatic nitrogens is 1. The van der Waals surface area contributed by atoms with E-state index >= 15 is 0 Å². The number of aryl methyl sites for hydroxylation is 1. The lowest BCUT2D eigenvalue weighted by atomic mass is 9.65. The molecule has 1 fully saturated rings. The monoisotopic (exact) mass is 462 g/mol. The summed E-state index contributed by atoms with van der Waals surface area (Å²) in [6.07, 6.45) is 11.2. The van der Waals surface area contributed by atoms with Crippen LogP contribution in [-0.4, -0.2) is 18.1 Å². The fraction of sp³-hybridized carbons (Fsp3) is 0.476. The molecule has 2 aliphatic carbocycles. The van der Waals surface area contributed by atoms with Crippen molar-refractivity contribution in [3.05, 3.63) is 55.8 Å². The van der Waals surface area contributed by atoms with Crippen molar-refractivity contribution in [3.63, 3.8) is 0 Å². The average Bonchev–Trinajstić information content (AvgIpc) is 2.71. The van der Waals surface area contributed by atoms with E-state index in [9.17, 15) is 0 Å². The Bertz CT molecular complexity index is 798. The molecular formula is C21H24Br2N2. The normalized spacial score (nSPS) is 29.4. The Morgan fingerprint density at radius 3 is 2.72 bits per heavy atom. The van der Waals surface area contributed by atoms with Gasteiger partial charge in [-0.05, 0) is 90.8 Å². The smallest absolute Gasteiger partial charge is 0.0703 e. The van der Waals surface area contributed by atoms with E-state index in [4.69, 9.17) is 4.98 Å². The maximum Gasteiger partial charge on any atom is 0.0703 e. The molecule has 132 valence electrons. The molecular weight excluding hydrogens is 440 g/mol. The van der Waals surface area contributed by atoms with Crippen LogP contribution in [0.5, 0.6) is 0 Å². The second-order valence-corrected chi connectivity index (χ2v) is 9.41. The van der Waals surface area contributed by atoms with Crippen LogP contribution in [0.4, 0.5) is 0 Å². The van der Waals surface area contributed by atoms with Crippen LogP contribution in [0, 0.1) is 11.3 Å². The van der Waals surface area contributed by atoms with Crippen molar-refractivity contribution in [1.29, 1.82) is 0 Å². The van der Waals surface area contributed by atoms with Crippen LogP contribution < -0.4 is 5.32 Å². The van der Waals surface area contributed by atoms with Gasteiger partial charge in [-0.3, -0.25) is 4.98 Å². The SMILES string of the molecule is CC1=CC2CCc3cc(Br)cnc3C(=C3CCNCC3)C2(C)C(Br)=C1. The zero-order valence-corrected chi connectivity index (χ0v) is 18.0. The predicted molar refractivity (Wildman–Crippen MR) is 112 cm³/mol. The quantitative estimate of drug-likeness (QED) is 0.526. The van der Waals surface area contributed by atoms with Crippen molar-refractivity contribution < 1.29 is 0 Å². The number of halogens is 2. The van der Waals surface area contributed by atoms with Gasteiger partial charge in [0.1, 0.15) is 0 Å². The average molecular weight is 464 g/mol. The Morgan fingerprint density at radius 1 is 1.20 bits per heavy atom. The molecule has 2 nitrogen and oxygen atoms in total. The topological polar surface area (TPSA) is 24.9 Å². The fourth-order valence-electron chi connectivity index (χ4n) is 4.70. The van der Waals surface area contributed by atoms with E-state index in [1.54, 1.807) is 5.57 Å². The van der Waals surface area contributed by atoms with Gasteiger partial charge in [-0.25, -0.2) is 0 Å². The minimum absolute atomic E-state index is 0.0156. The van der Waals surface area contributed by atoms with Gasteiger partial charge in [-0.15, -0.1) is 0 Å². The summed E-state index contributed by atoms with van der Waals surface area (Å²) in [5.41, 5.74) is 7.02. The maximum atomic E-state index is 4.93. The highest BCUT2D eigenvalue weighted by atomic mass is 79.9. The van der Waals surface area contributed by atoms with E-state index < -0.39 is 0 Å². The summed E-state index contributed by atoms with van der Waals surface area (Å²) in [6.45, 7) is 6.78. The lowest BCUT2D eigenvalue weighted by Gasteiger charge is -2.41. The first-order valence-electron chi connectivity index (χ1n) is 9.14. The summed E-state index contributed by atoms with van der Waals surface area (Å²) in [5.74, 6) is 0.511. The maximum absolute atomic E-state index is 4.93. The third-order valence-corrected chi connectivity index (χ3v) is 7.52. The van der Waals surface area contributed by atoms with E-state index in [1.807, 2.05) is 6.20 Å². The minimum Gasteiger partial charge on any atom is -0.316 e. The molecule has 0 amide bonds. The molecule has 2 unspecified atom stereocenters. The van der Waals surface area contributed by atoms with Crippen LogP contribution >= 0.6 is 31.9 Å². The number of fused-ring (bicyclic) bond motifs is 2. The number of nitrogens with zero attached hydrogens (tertiary/aromatic N) is 1. The van der Waals surface area contributed by atoms with E-state index in [2.05, 4.69) is 69.2 Å². The molecule has 1 N–H and O–H groups in total. The summed E-state index contributed by atoms with van der Waals surface area (Å²) in [6, 6.07) is 2.28. The molecule has 4 heteroatoms. The summed E-state index contributed by atoms with van der Waals surface area (Å²) in [7, 11) is 0. The van der Waals surface area contributed by atoms with E-state index in [-0.39, 0.29) is 5.41 Å². The van der Waals surface area contributed by atoms with Crippen LogP contribution in [0.25, 0.3) is 5.57 Å². The van der Waals surface area contributed by atoms with Crippen molar-refractivity contribution in [1.82, 2.24) is 10.3 Å². The van der Waals surface area contributed by atoms with Crippen molar-refractivity contribution in [2.45, 2.75) is 39.5 Å². The van der Waals surface area contributed by atoms with Crippen LogP contribution in [0.1, 0.15) is 44.4 Å². The number of hydrogen-bond donors (Lipinski definition) is 1. The van der Waals surface area contributed by atoms with E-state index in [0.717, 1.165) is 43.2 Å². The number of allylic oxidation sites excluding steroid dienone is 5. The first-order valence-corrected chi connectivity index (χ1v) is 10.7. The van der Waals surface area contributed by atoms with Gasteiger partial charge in [-0.1, -0.05) is 40.1 Å². The molecule has 0 radical (unpaired) electrons. The standard InChI is InChI=1S/C21H24Br2N2/c1-13-9-16-4-3-15-11-17(22)12-25-20(15)19(14-5-7-24-8-6-14)21(16,2)18(23)10-13/h9-12,16,24H,3-8H2,1-2H3. The van der Waals surface area contributed by atoms with Crippen LogP contribution in [0.15, 0.2) is 44.5 Å². The fourth-order valence-corrected chi connectivity index (χ4v) is 5.93. The van der Waals surface area contributed by atoms with E-state index in [0.29, 0.717) is 5.92 Å². The van der Waals surface area contributed by atoms with Gasteiger partial charge in [0, 0.05) is 20.6 Å². The zero-order chi connectivity index (χ0) is 17.6. The molecule has 2 heterocycles. The van der Waals surface area contributed by atoms with Crippen molar-refractivity contribution >= 4 is 37.4 Å². The molecule has 1 aromatic heterocycles. The molecule has 0 bridgehead atoms. The zero-order valence-electron chi connectivity index (χ0n) is 14.8. The van der Waals surface area contributed by atoms with Crippen molar-refractivity contribution in [3.8, 4) is 0 Å². The summed E-state index contributed by atoms with van der Waals surface area (Å²) >= 11 is 7.59. The largest absolute Gasteiger partial charge is 0.316 e. The summed E-state index contributed by atoms with van der Waals surface area (Å²) in [4.78, 5) is 4.93. The van der Waals surface area contributed by atoms with Crippen molar-refractivity contribution in [2.75, 3.05) is 13.1 Å². The lowest BCUT2D eigenvalue weighted by molar-refractivity contribution is 0.376. The van der Waals surface area contributed by atoms with Gasteiger partial charge in [-0.2, -0.15) is 0 Å². The molecule has 25 heavy (non-hydrogen) atoms. The number of pyridine rings is 1. The van der Waals surface area contributed by atoms with Gasteiger partial charge < -0.3 is 5.32 Å². The van der Waals surface area contributed by atoms with Gasteiger partial charge in [0.25, 0.3) is 0 Å². The van der Waals surface area contributed by atoms with Crippen LogP contribution in [0.2, 0.25) is 0 Å². The second kappa shape index (κ2) is 6.79. The number of hydrogen-bond acceptors (Lipinski definition) is 2. The molecule has 1 aromatic rings. The Morgan fingerprint density at radius 2 is 1.96 bits per heavy atom. The molecule has 0 saturated carbocycles. The first kappa shape index (κ1) is 17.7. The first-order chi connectivity index (χ1) is 12.0. The molecule has 0 spiro atoms. The second-order valence-electron chi connectivity index (χ2n) is 7.64.